The molecule has 0 N–H and O–H groups in total. The topological polar surface area (TPSA) is 54.4 Å². The van der Waals surface area contributed by atoms with Crippen LogP contribution in [0, 0.1) is 5.51 Å². The molecule has 2 aliphatic heterocycles. The third-order valence-corrected chi connectivity index (χ3v) is 6.08. The molecule has 0 saturated carbocycles. The highest BCUT2D eigenvalue weighted by Crippen LogP contribution is 2.33. The van der Waals surface area contributed by atoms with Gasteiger partial charge in [-0.1, -0.05) is 0 Å². The van der Waals surface area contributed by atoms with Crippen molar-refractivity contribution in [2.75, 3.05) is 49.2 Å². The molecule has 2 fully saturated rings. The smallest absolute Gasteiger partial charge is 0.152 e. The van der Waals surface area contributed by atoms with E-state index in [1.54, 1.807) is 17.7 Å². The third-order valence-electron chi connectivity index (χ3n) is 5.52. The zero-order valence-electron chi connectivity index (χ0n) is 15.2. The van der Waals surface area contributed by atoms with Gasteiger partial charge in [-0.15, -0.1) is 11.3 Å². The van der Waals surface area contributed by atoms with Gasteiger partial charge in [-0.2, -0.15) is 0 Å². The van der Waals surface area contributed by atoms with Gasteiger partial charge in [0.25, 0.3) is 0 Å². The van der Waals surface area contributed by atoms with Crippen molar-refractivity contribution in [3.05, 3.63) is 41.1 Å². The molecule has 2 aliphatic rings. The van der Waals surface area contributed by atoms with E-state index in [2.05, 4.69) is 53.8 Å². The minimum absolute atomic E-state index is 0.457. The highest BCUT2D eigenvalue weighted by atomic mass is 32.1. The van der Waals surface area contributed by atoms with Crippen LogP contribution in [0.25, 0.3) is 10.9 Å². The van der Waals surface area contributed by atoms with Gasteiger partial charge in [-0.25, -0.2) is 15.0 Å². The number of ether oxygens (including phenoxy) is 1. The second kappa shape index (κ2) is 7.40. The number of rotatable bonds is 3. The molecule has 3 aromatic rings. The van der Waals surface area contributed by atoms with Crippen LogP contribution >= 0.6 is 11.3 Å². The maximum Gasteiger partial charge on any atom is 0.152 e. The van der Waals surface area contributed by atoms with Gasteiger partial charge >= 0.3 is 0 Å². The number of piperidine rings is 1. The number of anilines is 2. The largest absolute Gasteiger partial charge is 0.378 e. The van der Waals surface area contributed by atoms with Gasteiger partial charge in [0.2, 0.25) is 0 Å². The summed E-state index contributed by atoms with van der Waals surface area (Å²) in [5, 5.41) is 3.25. The van der Waals surface area contributed by atoms with Gasteiger partial charge < -0.3 is 14.5 Å². The van der Waals surface area contributed by atoms with Crippen LogP contribution in [0.15, 0.2) is 29.9 Å². The minimum Gasteiger partial charge on any atom is -0.378 e. The number of benzene rings is 1. The van der Waals surface area contributed by atoms with Gasteiger partial charge in [0, 0.05) is 48.6 Å². The third kappa shape index (κ3) is 3.37. The van der Waals surface area contributed by atoms with Crippen LogP contribution in [-0.2, 0) is 4.74 Å². The molecule has 2 aromatic heterocycles. The summed E-state index contributed by atoms with van der Waals surface area (Å²) < 4.78 is 5.47. The van der Waals surface area contributed by atoms with E-state index in [4.69, 9.17) is 4.74 Å². The van der Waals surface area contributed by atoms with Crippen molar-refractivity contribution in [1.29, 1.82) is 0 Å². The Balaban J connectivity index is 1.44. The van der Waals surface area contributed by atoms with Crippen LogP contribution in [0.1, 0.15) is 24.5 Å². The zero-order valence-corrected chi connectivity index (χ0v) is 16.0. The van der Waals surface area contributed by atoms with Crippen LogP contribution in [0.5, 0.6) is 0 Å². The fraction of sp³-hybridized carbons (Fsp3) is 0.450. The Morgan fingerprint density at radius 3 is 2.89 bits per heavy atom. The Labute approximate surface area is 162 Å². The van der Waals surface area contributed by atoms with Gasteiger partial charge in [-0.05, 0) is 31.0 Å². The predicted molar refractivity (Wildman–Crippen MR) is 108 cm³/mol. The summed E-state index contributed by atoms with van der Waals surface area (Å²) in [4.78, 5) is 18.4. The predicted octanol–water partition coefficient (Wildman–Crippen LogP) is 3.11. The van der Waals surface area contributed by atoms with Crippen molar-refractivity contribution < 1.29 is 4.74 Å². The molecule has 0 bridgehead atoms. The lowest BCUT2D eigenvalue weighted by Crippen LogP contribution is -2.36. The summed E-state index contributed by atoms with van der Waals surface area (Å²) in [6, 6.07) is 6.55. The summed E-state index contributed by atoms with van der Waals surface area (Å²) in [7, 11) is 0. The number of fused-ring (bicyclic) bond motifs is 1. The first-order valence-electron chi connectivity index (χ1n) is 9.52. The number of aromatic nitrogens is 3. The minimum atomic E-state index is 0.457. The molecule has 5 rings (SSSR count). The molecule has 6 nitrogen and oxygen atoms in total. The molecule has 4 heterocycles. The molecule has 7 heteroatoms. The number of thiazole rings is 1. The van der Waals surface area contributed by atoms with E-state index in [9.17, 15) is 0 Å². The lowest BCUT2D eigenvalue weighted by Gasteiger charge is -2.33. The van der Waals surface area contributed by atoms with E-state index < -0.39 is 0 Å². The van der Waals surface area contributed by atoms with E-state index >= 15 is 0 Å². The highest BCUT2D eigenvalue weighted by molar-refractivity contribution is 7.07. The standard InChI is InChI=1S/C20H22N5OS/c1-2-15(19-12-27-14-23-19)11-25(5-1)20-17-4-3-16(10-18(17)21-13-22-20)24-6-8-26-9-7-24/h3-4,10,12-13,15H,1-2,5-9,11H2/t15-/m0/s1. The van der Waals surface area contributed by atoms with Crippen LogP contribution in [0.2, 0.25) is 0 Å². The van der Waals surface area contributed by atoms with Crippen molar-refractivity contribution in [3.8, 4) is 0 Å². The zero-order chi connectivity index (χ0) is 18.1. The van der Waals surface area contributed by atoms with E-state index in [-0.39, 0.29) is 0 Å². The van der Waals surface area contributed by atoms with Gasteiger partial charge in [0.05, 0.1) is 24.4 Å². The average molecular weight is 380 g/mol. The molecular formula is C20H22N5OS. The lowest BCUT2D eigenvalue weighted by molar-refractivity contribution is 0.122. The fourth-order valence-electron chi connectivity index (χ4n) is 4.09. The number of hydrogen-bond donors (Lipinski definition) is 0. The molecule has 1 atom stereocenters. The molecule has 1 radical (unpaired) electrons. The van der Waals surface area contributed by atoms with E-state index in [1.165, 1.54) is 12.1 Å². The van der Waals surface area contributed by atoms with Gasteiger partial charge in [0.15, 0.2) is 5.51 Å². The van der Waals surface area contributed by atoms with Crippen molar-refractivity contribution in [2.24, 2.45) is 0 Å². The molecule has 0 unspecified atom stereocenters. The first kappa shape index (κ1) is 16.9. The summed E-state index contributed by atoms with van der Waals surface area (Å²) in [5.74, 6) is 1.50. The Hall–Kier alpha value is -2.25. The monoisotopic (exact) mass is 380 g/mol. The first-order valence-corrected chi connectivity index (χ1v) is 10.4. The highest BCUT2D eigenvalue weighted by Gasteiger charge is 2.25. The van der Waals surface area contributed by atoms with E-state index in [0.717, 1.165) is 68.2 Å². The molecule has 0 aliphatic carbocycles. The van der Waals surface area contributed by atoms with E-state index in [0.29, 0.717) is 5.92 Å². The molecule has 0 amide bonds. The summed E-state index contributed by atoms with van der Waals surface area (Å²) in [6.45, 7) is 5.42. The molecule has 27 heavy (non-hydrogen) atoms. The Bertz CT molecular complexity index is 910. The van der Waals surface area contributed by atoms with Crippen LogP contribution in [0.4, 0.5) is 11.5 Å². The first-order chi connectivity index (χ1) is 13.4. The second-order valence-electron chi connectivity index (χ2n) is 7.15. The molecule has 0 spiro atoms. The maximum absolute atomic E-state index is 5.47. The maximum atomic E-state index is 5.47. The second-order valence-corrected chi connectivity index (χ2v) is 7.80. The van der Waals surface area contributed by atoms with Crippen LogP contribution in [-0.4, -0.2) is 54.3 Å². The molecule has 139 valence electrons. The van der Waals surface area contributed by atoms with Gasteiger partial charge in [0.1, 0.15) is 12.1 Å². The van der Waals surface area contributed by atoms with Crippen molar-refractivity contribution >= 4 is 33.7 Å². The Morgan fingerprint density at radius 1 is 1.11 bits per heavy atom. The van der Waals surface area contributed by atoms with Crippen LogP contribution in [0.3, 0.4) is 0 Å². The lowest BCUT2D eigenvalue weighted by atomic mass is 9.95. The van der Waals surface area contributed by atoms with Crippen molar-refractivity contribution in [1.82, 2.24) is 15.0 Å². The fourth-order valence-corrected chi connectivity index (χ4v) is 4.67. The molecule has 2 saturated heterocycles. The summed E-state index contributed by atoms with van der Waals surface area (Å²) >= 11 is 1.55. The van der Waals surface area contributed by atoms with Crippen molar-refractivity contribution in [2.45, 2.75) is 18.8 Å². The summed E-state index contributed by atoms with van der Waals surface area (Å²) in [5.41, 5.74) is 6.37. The summed E-state index contributed by atoms with van der Waals surface area (Å²) in [6.07, 6.45) is 4.03. The quantitative estimate of drug-likeness (QED) is 0.696. The number of nitrogens with zero attached hydrogens (tertiary/aromatic N) is 5. The van der Waals surface area contributed by atoms with Crippen LogP contribution < -0.4 is 9.80 Å². The number of hydrogen-bond acceptors (Lipinski definition) is 7. The Kier molecular flexibility index (Phi) is 4.63. The van der Waals surface area contributed by atoms with Gasteiger partial charge in [-0.3, -0.25) is 0 Å². The normalized spacial score (nSPS) is 21.0. The Morgan fingerprint density at radius 2 is 2.04 bits per heavy atom. The van der Waals surface area contributed by atoms with E-state index in [1.807, 2.05) is 0 Å². The SMILES string of the molecule is [c]1nc([C@H]2CCCN(c3ncnc4cc(N5CCOCC5)ccc34)C2)cs1. The number of morpholine rings is 1. The van der Waals surface area contributed by atoms with Crippen molar-refractivity contribution in [3.63, 3.8) is 0 Å². The average Bonchev–Trinajstić information content (AvgIpc) is 3.29. The molecule has 1 aromatic carbocycles. The molecular weight excluding hydrogens is 358 g/mol.